The molecular weight excluding hydrogens is 174 g/mol. The lowest BCUT2D eigenvalue weighted by Gasteiger charge is -2.07. The molecule has 1 radical (unpaired) electrons. The van der Waals surface area contributed by atoms with Crippen molar-refractivity contribution in [3.05, 3.63) is 30.5 Å². The van der Waals surface area contributed by atoms with Gasteiger partial charge in [-0.25, -0.2) is 0 Å². The number of phenols is 1. The molecule has 1 N–H and O–H groups in total. The summed E-state index contributed by atoms with van der Waals surface area (Å²) in [5.41, 5.74) is 1.14. The van der Waals surface area contributed by atoms with Gasteiger partial charge in [0, 0.05) is 29.7 Å². The smallest absolute Gasteiger partial charge is 0.116 e. The van der Waals surface area contributed by atoms with Crippen molar-refractivity contribution in [2.45, 2.75) is 20.4 Å². The molecule has 0 saturated heterocycles. The maximum absolute atomic E-state index is 9.29. The third kappa shape index (κ3) is 1.60. The molecule has 2 nitrogen and oxygen atoms in total. The highest BCUT2D eigenvalue weighted by Gasteiger charge is 2.03. The first-order valence-corrected chi connectivity index (χ1v) is 4.86. The second-order valence-electron chi connectivity index (χ2n) is 4.02. The Hall–Kier alpha value is -1.44. The fourth-order valence-electron chi connectivity index (χ4n) is 1.65. The van der Waals surface area contributed by atoms with Crippen molar-refractivity contribution in [2.75, 3.05) is 0 Å². The summed E-state index contributed by atoms with van der Waals surface area (Å²) in [6, 6.07) is 8.53. The average Bonchev–Trinajstić information content (AvgIpc) is 2.47. The van der Waals surface area contributed by atoms with Crippen LogP contribution in [0.5, 0.6) is 5.75 Å². The number of fused-ring (bicyclic) bond motifs is 1. The summed E-state index contributed by atoms with van der Waals surface area (Å²) in [6.07, 6.45) is 1.95. The van der Waals surface area contributed by atoms with Gasteiger partial charge in [0.2, 0.25) is 0 Å². The van der Waals surface area contributed by atoms with E-state index in [2.05, 4.69) is 24.5 Å². The van der Waals surface area contributed by atoms with Gasteiger partial charge in [0.1, 0.15) is 5.75 Å². The summed E-state index contributed by atoms with van der Waals surface area (Å²) in [5, 5.41) is 10.3. The monoisotopic (exact) mass is 188 g/mol. The van der Waals surface area contributed by atoms with E-state index in [0.717, 1.165) is 17.4 Å². The lowest BCUT2D eigenvalue weighted by Crippen LogP contribution is -2.02. The minimum atomic E-state index is 0.302. The molecule has 0 aliphatic carbocycles. The van der Waals surface area contributed by atoms with Crippen LogP contribution in [0.4, 0.5) is 0 Å². The normalized spacial score (nSPS) is 11.4. The van der Waals surface area contributed by atoms with Crippen LogP contribution in [0.2, 0.25) is 0 Å². The van der Waals surface area contributed by atoms with E-state index in [1.165, 1.54) is 0 Å². The van der Waals surface area contributed by atoms with Gasteiger partial charge in [0.25, 0.3) is 0 Å². The fraction of sp³-hybridized carbons (Fsp3) is 0.333. The molecule has 1 heterocycles. The number of aromatic hydroxyl groups is 1. The SMILES string of the molecule is CC(C)Cn1c[c]c2cc(O)ccc21. The third-order valence-corrected chi connectivity index (χ3v) is 2.23. The van der Waals surface area contributed by atoms with E-state index in [0.29, 0.717) is 11.7 Å². The summed E-state index contributed by atoms with van der Waals surface area (Å²) in [6.45, 7) is 5.36. The molecule has 0 unspecified atom stereocenters. The Morgan fingerprint density at radius 3 is 2.93 bits per heavy atom. The number of nitrogens with zero attached hydrogens (tertiary/aromatic N) is 1. The minimum absolute atomic E-state index is 0.302. The molecule has 0 aliphatic heterocycles. The van der Waals surface area contributed by atoms with E-state index in [9.17, 15) is 5.11 Å². The molecular formula is C12H14NO. The molecule has 0 aliphatic rings. The van der Waals surface area contributed by atoms with Crippen molar-refractivity contribution in [2.24, 2.45) is 5.92 Å². The van der Waals surface area contributed by atoms with E-state index in [4.69, 9.17) is 0 Å². The quantitative estimate of drug-likeness (QED) is 0.770. The van der Waals surface area contributed by atoms with Crippen molar-refractivity contribution in [1.82, 2.24) is 4.57 Å². The van der Waals surface area contributed by atoms with Crippen LogP contribution in [0.3, 0.4) is 0 Å². The first kappa shape index (κ1) is 9.13. The van der Waals surface area contributed by atoms with Gasteiger partial charge in [0.15, 0.2) is 0 Å². The first-order chi connectivity index (χ1) is 6.66. The van der Waals surface area contributed by atoms with Gasteiger partial charge in [0.05, 0.1) is 0 Å². The highest BCUT2D eigenvalue weighted by Crippen LogP contribution is 2.21. The Labute approximate surface area is 83.8 Å². The fourth-order valence-corrected chi connectivity index (χ4v) is 1.65. The van der Waals surface area contributed by atoms with Crippen LogP contribution >= 0.6 is 0 Å². The zero-order valence-electron chi connectivity index (χ0n) is 8.49. The first-order valence-electron chi connectivity index (χ1n) is 4.86. The van der Waals surface area contributed by atoms with Gasteiger partial charge in [-0.1, -0.05) is 13.8 Å². The minimum Gasteiger partial charge on any atom is -0.508 e. The predicted molar refractivity (Wildman–Crippen MR) is 57.3 cm³/mol. The molecule has 14 heavy (non-hydrogen) atoms. The van der Waals surface area contributed by atoms with Crippen LogP contribution in [-0.4, -0.2) is 9.67 Å². The van der Waals surface area contributed by atoms with Crippen LogP contribution in [0.1, 0.15) is 13.8 Å². The molecule has 2 aromatic rings. The molecule has 73 valence electrons. The molecule has 1 aromatic carbocycles. The molecule has 2 heteroatoms. The molecule has 0 spiro atoms. The Bertz CT molecular complexity index is 443. The topological polar surface area (TPSA) is 25.2 Å². The number of hydrogen-bond acceptors (Lipinski definition) is 1. The maximum atomic E-state index is 9.29. The van der Waals surface area contributed by atoms with Crippen molar-refractivity contribution >= 4 is 10.9 Å². The highest BCUT2D eigenvalue weighted by atomic mass is 16.3. The van der Waals surface area contributed by atoms with E-state index >= 15 is 0 Å². The summed E-state index contributed by atoms with van der Waals surface area (Å²) in [5.74, 6) is 0.920. The van der Waals surface area contributed by atoms with Gasteiger partial charge < -0.3 is 9.67 Å². The van der Waals surface area contributed by atoms with Gasteiger partial charge in [-0.15, -0.1) is 0 Å². The Morgan fingerprint density at radius 1 is 1.43 bits per heavy atom. The highest BCUT2D eigenvalue weighted by molar-refractivity contribution is 5.80. The van der Waals surface area contributed by atoms with Crippen molar-refractivity contribution in [3.63, 3.8) is 0 Å². The Kier molecular flexibility index (Phi) is 2.20. The summed E-state index contributed by atoms with van der Waals surface area (Å²) < 4.78 is 2.17. The van der Waals surface area contributed by atoms with Crippen LogP contribution in [0, 0.1) is 12.0 Å². The summed E-state index contributed by atoms with van der Waals surface area (Å²) in [4.78, 5) is 0. The predicted octanol–water partition coefficient (Wildman–Crippen LogP) is 2.80. The molecule has 1 aromatic heterocycles. The van der Waals surface area contributed by atoms with Gasteiger partial charge in [-0.3, -0.25) is 0 Å². The van der Waals surface area contributed by atoms with Crippen molar-refractivity contribution < 1.29 is 5.11 Å². The van der Waals surface area contributed by atoms with Crippen LogP contribution in [-0.2, 0) is 6.54 Å². The van der Waals surface area contributed by atoms with Gasteiger partial charge in [-0.05, 0) is 24.1 Å². The van der Waals surface area contributed by atoms with Crippen LogP contribution < -0.4 is 0 Å². The largest absolute Gasteiger partial charge is 0.508 e. The van der Waals surface area contributed by atoms with Gasteiger partial charge in [-0.2, -0.15) is 0 Å². The average molecular weight is 188 g/mol. The Morgan fingerprint density at radius 2 is 2.21 bits per heavy atom. The lowest BCUT2D eigenvalue weighted by atomic mass is 10.2. The van der Waals surface area contributed by atoms with Crippen LogP contribution in [0.25, 0.3) is 10.9 Å². The summed E-state index contributed by atoms with van der Waals surface area (Å²) in [7, 11) is 0. The number of aromatic nitrogens is 1. The van der Waals surface area contributed by atoms with E-state index in [1.807, 2.05) is 12.3 Å². The number of benzene rings is 1. The molecule has 0 atom stereocenters. The Balaban J connectivity index is 2.47. The standard InChI is InChI=1S/C12H14NO/c1-9(2)8-13-6-5-10-7-11(14)3-4-12(10)13/h3-4,6-7,9,14H,8H2,1-2H3. The van der Waals surface area contributed by atoms with E-state index in [-0.39, 0.29) is 0 Å². The second-order valence-corrected chi connectivity index (χ2v) is 4.02. The molecule has 0 fully saturated rings. The zero-order valence-corrected chi connectivity index (χ0v) is 8.49. The van der Waals surface area contributed by atoms with Crippen LogP contribution in [0.15, 0.2) is 24.4 Å². The summed E-state index contributed by atoms with van der Waals surface area (Å²) >= 11 is 0. The lowest BCUT2D eigenvalue weighted by molar-refractivity contribution is 0.476. The van der Waals surface area contributed by atoms with E-state index in [1.54, 1.807) is 12.1 Å². The zero-order chi connectivity index (χ0) is 10.1. The van der Waals surface area contributed by atoms with Crippen molar-refractivity contribution in [3.8, 4) is 5.75 Å². The molecule has 0 bridgehead atoms. The van der Waals surface area contributed by atoms with E-state index < -0.39 is 0 Å². The number of hydrogen-bond donors (Lipinski definition) is 1. The number of phenolic OH excluding ortho intramolecular Hbond substituents is 1. The molecule has 0 saturated carbocycles. The second kappa shape index (κ2) is 3.37. The number of rotatable bonds is 2. The molecule has 2 rings (SSSR count). The molecule has 0 amide bonds. The third-order valence-electron chi connectivity index (χ3n) is 2.23. The van der Waals surface area contributed by atoms with Gasteiger partial charge >= 0.3 is 0 Å². The maximum Gasteiger partial charge on any atom is 0.116 e. The van der Waals surface area contributed by atoms with Crippen molar-refractivity contribution in [1.29, 1.82) is 0 Å².